The van der Waals surface area contributed by atoms with Gasteiger partial charge in [-0.25, -0.2) is 0 Å². The quantitative estimate of drug-likeness (QED) is 0.263. The molecule has 6 nitrogen and oxygen atoms in total. The maximum absolute atomic E-state index is 6.06. The third-order valence-corrected chi connectivity index (χ3v) is 11.3. The summed E-state index contributed by atoms with van der Waals surface area (Å²) in [6, 6.07) is 0. The third kappa shape index (κ3) is 13.0. The number of nitrogens with zero attached hydrogens (tertiary/aromatic N) is 2. The van der Waals surface area contributed by atoms with E-state index in [1.54, 1.807) is 5.57 Å². The van der Waals surface area contributed by atoms with E-state index < -0.39 is 0 Å². The number of hydrogen-bond donors (Lipinski definition) is 0. The Morgan fingerprint density at radius 2 is 1.14 bits per heavy atom. The van der Waals surface area contributed by atoms with E-state index in [1.165, 1.54) is 70.6 Å². The van der Waals surface area contributed by atoms with Crippen LogP contribution in [0.4, 0.5) is 0 Å². The second kappa shape index (κ2) is 18.7. The van der Waals surface area contributed by atoms with Gasteiger partial charge in [0.05, 0.1) is 52.9 Å². The predicted molar refractivity (Wildman–Crippen MR) is 182 cm³/mol. The molecule has 3 fully saturated rings. The average Bonchev–Trinajstić information content (AvgIpc) is 2.95. The van der Waals surface area contributed by atoms with Crippen molar-refractivity contribution in [1.82, 2.24) is 9.80 Å². The molecule has 3 aliphatic carbocycles. The van der Waals surface area contributed by atoms with Gasteiger partial charge in [0.25, 0.3) is 0 Å². The Balaban J connectivity index is 1.18. The molecule has 0 spiro atoms. The summed E-state index contributed by atoms with van der Waals surface area (Å²) in [5, 5.41) is 0. The fourth-order valence-corrected chi connectivity index (χ4v) is 9.46. The van der Waals surface area contributed by atoms with Crippen LogP contribution in [-0.4, -0.2) is 102 Å². The summed E-state index contributed by atoms with van der Waals surface area (Å²) >= 11 is 0. The van der Waals surface area contributed by atoms with Gasteiger partial charge in [0.15, 0.2) is 0 Å². The number of rotatable bonds is 8. The van der Waals surface area contributed by atoms with Crippen LogP contribution in [0.2, 0.25) is 0 Å². The molecule has 0 aromatic heterocycles. The fraction of sp³-hybridized carbons (Fsp3) is 0.947. The molecule has 4 unspecified atom stereocenters. The van der Waals surface area contributed by atoms with Crippen LogP contribution in [0.25, 0.3) is 0 Å². The molecule has 2 bridgehead atoms. The molecule has 4 aliphatic rings. The fourth-order valence-electron chi connectivity index (χ4n) is 9.46. The van der Waals surface area contributed by atoms with Crippen LogP contribution in [0.3, 0.4) is 0 Å². The van der Waals surface area contributed by atoms with Gasteiger partial charge >= 0.3 is 0 Å². The highest BCUT2D eigenvalue weighted by atomic mass is 16.5. The van der Waals surface area contributed by atoms with Crippen molar-refractivity contribution < 1.29 is 18.9 Å². The van der Waals surface area contributed by atoms with Gasteiger partial charge in [0.2, 0.25) is 0 Å². The topological polar surface area (TPSA) is 43.4 Å². The van der Waals surface area contributed by atoms with Crippen molar-refractivity contribution >= 4 is 0 Å². The van der Waals surface area contributed by atoms with Crippen LogP contribution in [0.1, 0.15) is 105 Å². The Morgan fingerprint density at radius 3 is 1.61 bits per heavy atom. The maximum Gasteiger partial charge on any atom is 0.0701 e. The smallest absolute Gasteiger partial charge is 0.0701 e. The molecule has 2 saturated carbocycles. The van der Waals surface area contributed by atoms with Gasteiger partial charge in [-0.15, -0.1) is 0 Å². The summed E-state index contributed by atoms with van der Waals surface area (Å²) in [5.74, 6) is 3.55. The SMILES string of the molecule is CCCC1=CC(C)CC(C)(CCN2CCOCCOCCN(CCC3(C)CC4CC(C)CC(C4)C3)CCOCCOCC2)C1. The molecular formula is C38H70N2O4. The summed E-state index contributed by atoms with van der Waals surface area (Å²) < 4.78 is 24.2. The summed E-state index contributed by atoms with van der Waals surface area (Å²) in [6.45, 7) is 24.1. The molecule has 256 valence electrons. The van der Waals surface area contributed by atoms with Crippen LogP contribution < -0.4 is 0 Å². The highest BCUT2D eigenvalue weighted by molar-refractivity contribution is 5.12. The van der Waals surface area contributed by atoms with Crippen molar-refractivity contribution in [3.63, 3.8) is 0 Å². The molecule has 0 aromatic carbocycles. The highest BCUT2D eigenvalue weighted by Crippen LogP contribution is 2.51. The number of hydrogen-bond acceptors (Lipinski definition) is 6. The zero-order valence-electron chi connectivity index (χ0n) is 29.6. The first-order valence-electron chi connectivity index (χ1n) is 18.7. The lowest BCUT2D eigenvalue weighted by atomic mass is 9.58. The minimum atomic E-state index is 0.397. The molecule has 0 N–H and O–H groups in total. The van der Waals surface area contributed by atoms with Gasteiger partial charge in [-0.05, 0) is 112 Å². The minimum Gasteiger partial charge on any atom is -0.378 e. The Hall–Kier alpha value is -0.500. The largest absolute Gasteiger partial charge is 0.378 e. The van der Waals surface area contributed by atoms with Crippen molar-refractivity contribution in [2.45, 2.75) is 105 Å². The van der Waals surface area contributed by atoms with Gasteiger partial charge in [-0.3, -0.25) is 9.80 Å². The van der Waals surface area contributed by atoms with Gasteiger partial charge in [0, 0.05) is 26.2 Å². The Morgan fingerprint density at radius 1 is 0.659 bits per heavy atom. The van der Waals surface area contributed by atoms with Gasteiger partial charge in [-0.2, -0.15) is 0 Å². The zero-order chi connectivity index (χ0) is 31.3. The first-order valence-corrected chi connectivity index (χ1v) is 18.7. The molecule has 1 saturated heterocycles. The van der Waals surface area contributed by atoms with Crippen molar-refractivity contribution in [3.05, 3.63) is 11.6 Å². The molecule has 4 rings (SSSR count). The number of fused-ring (bicyclic) bond motifs is 2. The van der Waals surface area contributed by atoms with Gasteiger partial charge < -0.3 is 18.9 Å². The van der Waals surface area contributed by atoms with Crippen LogP contribution in [-0.2, 0) is 18.9 Å². The van der Waals surface area contributed by atoms with E-state index in [-0.39, 0.29) is 0 Å². The second-order valence-electron chi connectivity index (χ2n) is 16.1. The maximum atomic E-state index is 6.06. The predicted octanol–water partition coefficient (Wildman–Crippen LogP) is 7.47. The molecule has 44 heavy (non-hydrogen) atoms. The van der Waals surface area contributed by atoms with Crippen LogP contribution in [0.15, 0.2) is 11.6 Å². The monoisotopic (exact) mass is 619 g/mol. The molecular weight excluding hydrogens is 548 g/mol. The summed E-state index contributed by atoms with van der Waals surface area (Å²) in [6.07, 6.45) is 17.4. The normalized spacial score (nSPS) is 36.7. The van der Waals surface area contributed by atoms with Crippen molar-refractivity contribution in [2.24, 2.45) is 34.5 Å². The van der Waals surface area contributed by atoms with Crippen LogP contribution in [0.5, 0.6) is 0 Å². The van der Waals surface area contributed by atoms with Crippen LogP contribution >= 0.6 is 0 Å². The molecule has 1 heterocycles. The Labute approximate surface area is 272 Å². The summed E-state index contributed by atoms with van der Waals surface area (Å²) in [4.78, 5) is 5.13. The number of ether oxygens (including phenoxy) is 4. The molecule has 6 heteroatoms. The van der Waals surface area contributed by atoms with E-state index in [2.05, 4.69) is 50.5 Å². The molecule has 4 atom stereocenters. The van der Waals surface area contributed by atoms with Crippen molar-refractivity contribution in [3.8, 4) is 0 Å². The number of allylic oxidation sites excluding steroid dienone is 2. The first kappa shape index (κ1) is 36.3. The Bertz CT molecular complexity index is 798. The average molecular weight is 619 g/mol. The molecule has 1 aliphatic heterocycles. The molecule has 0 aromatic rings. The lowest BCUT2D eigenvalue weighted by Gasteiger charge is -2.48. The summed E-state index contributed by atoms with van der Waals surface area (Å²) in [5.41, 5.74) is 2.57. The van der Waals surface area contributed by atoms with Gasteiger partial charge in [-0.1, -0.05) is 52.7 Å². The Kier molecular flexibility index (Phi) is 15.5. The van der Waals surface area contributed by atoms with Crippen LogP contribution in [0, 0.1) is 34.5 Å². The molecule has 0 amide bonds. The molecule has 0 radical (unpaired) electrons. The van der Waals surface area contributed by atoms with E-state index in [0.717, 1.165) is 83.4 Å². The first-order chi connectivity index (χ1) is 21.2. The zero-order valence-corrected chi connectivity index (χ0v) is 29.6. The van der Waals surface area contributed by atoms with E-state index >= 15 is 0 Å². The lowest BCUT2D eigenvalue weighted by molar-refractivity contribution is 0.000812. The van der Waals surface area contributed by atoms with Crippen molar-refractivity contribution in [2.75, 3.05) is 92.1 Å². The van der Waals surface area contributed by atoms with E-state index in [4.69, 9.17) is 18.9 Å². The van der Waals surface area contributed by atoms with Gasteiger partial charge in [0.1, 0.15) is 0 Å². The third-order valence-electron chi connectivity index (χ3n) is 11.3. The van der Waals surface area contributed by atoms with E-state index in [9.17, 15) is 0 Å². The second-order valence-corrected chi connectivity index (χ2v) is 16.1. The van der Waals surface area contributed by atoms with Crippen molar-refractivity contribution in [1.29, 1.82) is 0 Å². The minimum absolute atomic E-state index is 0.397. The van der Waals surface area contributed by atoms with E-state index in [1.807, 2.05) is 0 Å². The lowest BCUT2D eigenvalue weighted by Crippen LogP contribution is -2.40. The van der Waals surface area contributed by atoms with E-state index in [0.29, 0.717) is 43.2 Å². The summed E-state index contributed by atoms with van der Waals surface area (Å²) in [7, 11) is 0. The standard InChI is InChI=1S/C38H70N2O4/c1-6-7-34-26-33(3)28-37(4,29-34)8-10-39-12-16-41-20-22-43-18-14-40(15-19-44-23-21-42-17-13-39)11-9-38(5)30-35-24-32(2)25-36(27-35)31-38/h26,32-33,35-36H,6-25,27-31H2,1-5H3. The highest BCUT2D eigenvalue weighted by Gasteiger charge is 2.40.